The van der Waals surface area contributed by atoms with Crippen LogP contribution in [-0.4, -0.2) is 26.8 Å². The van der Waals surface area contributed by atoms with E-state index < -0.39 is 17.8 Å². The van der Waals surface area contributed by atoms with Gasteiger partial charge < -0.3 is 5.32 Å². The highest BCUT2D eigenvalue weighted by molar-refractivity contribution is 8.01. The molecule has 0 spiro atoms. The summed E-state index contributed by atoms with van der Waals surface area (Å²) < 4.78 is 39.8. The van der Waals surface area contributed by atoms with Gasteiger partial charge in [-0.1, -0.05) is 23.9 Å². The Bertz CT molecular complexity index is 855. The van der Waals surface area contributed by atoms with Gasteiger partial charge in [0.25, 0.3) is 0 Å². The van der Waals surface area contributed by atoms with Crippen LogP contribution in [0.15, 0.2) is 28.6 Å². The summed E-state index contributed by atoms with van der Waals surface area (Å²) in [6, 6.07) is 7.59. The van der Waals surface area contributed by atoms with Crippen molar-refractivity contribution in [1.29, 1.82) is 0 Å². The zero-order valence-electron chi connectivity index (χ0n) is 12.3. The average molecular weight is 372 g/mol. The number of anilines is 1. The zero-order valence-corrected chi connectivity index (χ0v) is 13.9. The third-order valence-electron chi connectivity index (χ3n) is 3.15. The van der Waals surface area contributed by atoms with Crippen LogP contribution in [0.4, 0.5) is 19.0 Å². The Morgan fingerprint density at radius 1 is 1.38 bits per heavy atom. The van der Waals surface area contributed by atoms with Crippen molar-refractivity contribution in [3.05, 3.63) is 35.5 Å². The average Bonchev–Trinajstić information content (AvgIpc) is 3.08. The molecule has 0 fully saturated rings. The van der Waals surface area contributed by atoms with Gasteiger partial charge in [0, 0.05) is 5.56 Å². The van der Waals surface area contributed by atoms with Gasteiger partial charge in [0.2, 0.25) is 5.91 Å². The maximum atomic E-state index is 12.7. The number of rotatable bonds is 4. The Morgan fingerprint density at radius 3 is 2.79 bits per heavy atom. The first kappa shape index (κ1) is 16.8. The maximum absolute atomic E-state index is 12.7. The lowest BCUT2D eigenvalue weighted by Crippen LogP contribution is -2.15. The van der Waals surface area contributed by atoms with E-state index in [0.717, 1.165) is 14.6 Å². The zero-order chi connectivity index (χ0) is 17.3. The standard InChI is InChI=1S/C14H11F3N4OS2/c1-7-11(14(15,16)17)20-21-12(7)19-10(22)6-23-13-18-8-4-2-3-5-9(8)24-13/h2-5H,6H2,1H3,(H2,19,20,21,22). The number of carbonyl (C=O) groups is 1. The minimum atomic E-state index is -4.53. The Balaban J connectivity index is 1.63. The highest BCUT2D eigenvalue weighted by Crippen LogP contribution is 2.33. The molecule has 0 saturated carbocycles. The Morgan fingerprint density at radius 2 is 2.12 bits per heavy atom. The molecule has 1 aromatic carbocycles. The number of amides is 1. The molecule has 2 N–H and O–H groups in total. The molecule has 3 aromatic rings. The van der Waals surface area contributed by atoms with E-state index in [-0.39, 0.29) is 17.1 Å². The number of aromatic amines is 1. The minimum Gasteiger partial charge on any atom is -0.308 e. The highest BCUT2D eigenvalue weighted by atomic mass is 32.2. The lowest BCUT2D eigenvalue weighted by molar-refractivity contribution is -0.141. The van der Waals surface area contributed by atoms with Crippen LogP contribution in [0.1, 0.15) is 11.3 Å². The summed E-state index contributed by atoms with van der Waals surface area (Å²) in [5.41, 5.74) is -0.249. The lowest BCUT2D eigenvalue weighted by Gasteiger charge is -2.05. The van der Waals surface area contributed by atoms with Crippen LogP contribution in [0.3, 0.4) is 0 Å². The van der Waals surface area contributed by atoms with E-state index in [1.165, 1.54) is 30.0 Å². The second-order valence-corrected chi connectivity index (χ2v) is 7.11. The molecule has 0 aliphatic carbocycles. The third-order valence-corrected chi connectivity index (χ3v) is 5.33. The molecule has 10 heteroatoms. The highest BCUT2D eigenvalue weighted by Gasteiger charge is 2.36. The molecular formula is C14H11F3N4OS2. The van der Waals surface area contributed by atoms with E-state index >= 15 is 0 Å². The summed E-state index contributed by atoms with van der Waals surface area (Å²) in [7, 11) is 0. The van der Waals surface area contributed by atoms with Crippen LogP contribution < -0.4 is 5.32 Å². The molecule has 1 amide bonds. The minimum absolute atomic E-state index is 0.0352. The summed E-state index contributed by atoms with van der Waals surface area (Å²) in [5.74, 6) is -0.521. The summed E-state index contributed by atoms with van der Waals surface area (Å²) in [4.78, 5) is 16.3. The molecule has 2 aromatic heterocycles. The van der Waals surface area contributed by atoms with Gasteiger partial charge in [-0.25, -0.2) is 4.98 Å². The van der Waals surface area contributed by atoms with Crippen molar-refractivity contribution in [3.63, 3.8) is 0 Å². The van der Waals surface area contributed by atoms with E-state index in [0.29, 0.717) is 0 Å². The smallest absolute Gasteiger partial charge is 0.308 e. The molecule has 24 heavy (non-hydrogen) atoms. The fourth-order valence-electron chi connectivity index (χ4n) is 2.00. The van der Waals surface area contributed by atoms with Crippen molar-refractivity contribution < 1.29 is 18.0 Å². The van der Waals surface area contributed by atoms with Crippen molar-refractivity contribution in [2.24, 2.45) is 0 Å². The molecule has 3 rings (SSSR count). The summed E-state index contributed by atoms with van der Waals surface area (Å²) in [6.45, 7) is 1.25. The first-order valence-corrected chi connectivity index (χ1v) is 8.55. The second-order valence-electron chi connectivity index (χ2n) is 4.85. The SMILES string of the molecule is Cc1c(NC(=O)CSc2nc3ccccc3s2)n[nH]c1C(F)(F)F. The molecule has 0 radical (unpaired) electrons. The number of carbonyl (C=O) groups excluding carboxylic acids is 1. The number of thiazole rings is 1. The van der Waals surface area contributed by atoms with Gasteiger partial charge in [0.05, 0.1) is 16.0 Å². The van der Waals surface area contributed by atoms with E-state index in [4.69, 9.17) is 0 Å². The number of alkyl halides is 3. The second kappa shape index (κ2) is 6.44. The Hall–Kier alpha value is -2.07. The van der Waals surface area contributed by atoms with Crippen molar-refractivity contribution >= 4 is 45.0 Å². The van der Waals surface area contributed by atoms with Crippen LogP contribution in [0.2, 0.25) is 0 Å². The molecule has 0 aliphatic heterocycles. The number of aromatic nitrogens is 3. The molecule has 0 aliphatic rings. The lowest BCUT2D eigenvalue weighted by atomic mass is 10.2. The van der Waals surface area contributed by atoms with E-state index in [1.54, 1.807) is 0 Å². The first-order chi connectivity index (χ1) is 11.3. The molecular weight excluding hydrogens is 361 g/mol. The molecule has 126 valence electrons. The largest absolute Gasteiger partial charge is 0.433 e. The van der Waals surface area contributed by atoms with Gasteiger partial charge in [-0.2, -0.15) is 18.3 Å². The van der Waals surface area contributed by atoms with Gasteiger partial charge in [0.1, 0.15) is 5.69 Å². The number of hydrogen-bond acceptors (Lipinski definition) is 5. The molecule has 0 bridgehead atoms. The third kappa shape index (κ3) is 3.54. The number of nitrogens with zero attached hydrogens (tertiary/aromatic N) is 2. The normalized spacial score (nSPS) is 11.8. The molecule has 5 nitrogen and oxygen atoms in total. The fraction of sp³-hybridized carbons (Fsp3) is 0.214. The number of thioether (sulfide) groups is 1. The van der Waals surface area contributed by atoms with Crippen molar-refractivity contribution in [2.45, 2.75) is 17.4 Å². The summed E-state index contributed by atoms with van der Waals surface area (Å²) >= 11 is 2.68. The van der Waals surface area contributed by atoms with Crippen molar-refractivity contribution in [2.75, 3.05) is 11.1 Å². The van der Waals surface area contributed by atoms with E-state index in [1.807, 2.05) is 29.4 Å². The molecule has 0 unspecified atom stereocenters. The maximum Gasteiger partial charge on any atom is 0.433 e. The van der Waals surface area contributed by atoms with Gasteiger partial charge in [-0.15, -0.1) is 11.3 Å². The predicted molar refractivity (Wildman–Crippen MR) is 87.3 cm³/mol. The Labute approximate surface area is 142 Å². The van der Waals surface area contributed by atoms with Crippen LogP contribution in [0.5, 0.6) is 0 Å². The van der Waals surface area contributed by atoms with Crippen LogP contribution in [-0.2, 0) is 11.0 Å². The quantitative estimate of drug-likeness (QED) is 0.677. The number of para-hydroxylation sites is 1. The summed E-state index contributed by atoms with van der Waals surface area (Å²) in [5, 5.41) is 7.80. The van der Waals surface area contributed by atoms with Gasteiger partial charge in [-0.05, 0) is 19.1 Å². The molecule has 0 saturated heterocycles. The van der Waals surface area contributed by atoms with E-state index in [9.17, 15) is 18.0 Å². The van der Waals surface area contributed by atoms with Crippen LogP contribution in [0, 0.1) is 6.92 Å². The number of benzene rings is 1. The van der Waals surface area contributed by atoms with Crippen molar-refractivity contribution in [1.82, 2.24) is 15.2 Å². The van der Waals surface area contributed by atoms with E-state index in [2.05, 4.69) is 15.4 Å². The van der Waals surface area contributed by atoms with Crippen molar-refractivity contribution in [3.8, 4) is 0 Å². The predicted octanol–water partition coefficient (Wildman–Crippen LogP) is 4.08. The topological polar surface area (TPSA) is 70.7 Å². The van der Waals surface area contributed by atoms with Crippen LogP contribution >= 0.6 is 23.1 Å². The molecule has 0 atom stereocenters. The number of hydrogen-bond donors (Lipinski definition) is 2. The van der Waals surface area contributed by atoms with Crippen LogP contribution in [0.25, 0.3) is 10.2 Å². The van der Waals surface area contributed by atoms with Gasteiger partial charge >= 0.3 is 6.18 Å². The molecule has 2 heterocycles. The summed E-state index contributed by atoms with van der Waals surface area (Å²) in [6.07, 6.45) is -4.53. The monoisotopic (exact) mass is 372 g/mol. The number of fused-ring (bicyclic) bond motifs is 1. The van der Waals surface area contributed by atoms with Gasteiger partial charge in [-0.3, -0.25) is 9.89 Å². The first-order valence-electron chi connectivity index (χ1n) is 6.75. The number of nitrogens with one attached hydrogen (secondary N) is 2. The number of H-pyrrole nitrogens is 1. The van der Waals surface area contributed by atoms with Gasteiger partial charge in [0.15, 0.2) is 10.2 Å². The fourth-order valence-corrected chi connectivity index (χ4v) is 3.87. The number of halogens is 3. The Kier molecular flexibility index (Phi) is 4.50.